The Labute approximate surface area is 170 Å². The lowest BCUT2D eigenvalue weighted by Gasteiger charge is -2.17. The number of rotatable bonds is 7. The summed E-state index contributed by atoms with van der Waals surface area (Å²) in [6.45, 7) is 3.30. The van der Waals surface area contributed by atoms with Crippen LogP contribution in [0.4, 0.5) is 0 Å². The highest BCUT2D eigenvalue weighted by Gasteiger charge is 2.24. The van der Waals surface area contributed by atoms with E-state index in [1.165, 1.54) is 18.1 Å². The maximum absolute atomic E-state index is 11.1. The van der Waals surface area contributed by atoms with Crippen molar-refractivity contribution < 1.29 is 10.0 Å². The molecule has 1 atom stereocenters. The van der Waals surface area contributed by atoms with Crippen molar-refractivity contribution in [2.75, 3.05) is 19.6 Å². The molecular formula is C23H26N4O2. The standard InChI is InChI=1S/C23H26N4O2/c28-23(25-29)11-9-19-8-10-22-21(15-19)24-17-27(22)20-12-14-26(16-20)13-4-7-18-5-2-1-3-6-18/h1-3,5-6,8-11,15,17,20,29H,4,7,12-14,16H2,(H,25,28)/b11-9+. The number of carbonyl (C=O) groups excluding carboxylic acids is 1. The zero-order valence-corrected chi connectivity index (χ0v) is 16.4. The van der Waals surface area contributed by atoms with Crippen molar-refractivity contribution in [2.45, 2.75) is 25.3 Å². The van der Waals surface area contributed by atoms with Crippen LogP contribution < -0.4 is 5.48 Å². The average molecular weight is 390 g/mol. The minimum atomic E-state index is -0.547. The predicted octanol–water partition coefficient (Wildman–Crippen LogP) is 3.43. The second-order valence-electron chi connectivity index (χ2n) is 7.54. The molecule has 29 heavy (non-hydrogen) atoms. The molecule has 1 aliphatic heterocycles. The number of benzene rings is 2. The summed E-state index contributed by atoms with van der Waals surface area (Å²) in [7, 11) is 0. The Bertz CT molecular complexity index is 997. The Hall–Kier alpha value is -2.96. The molecule has 6 heteroatoms. The predicted molar refractivity (Wildman–Crippen MR) is 114 cm³/mol. The fourth-order valence-electron chi connectivity index (χ4n) is 4.05. The van der Waals surface area contributed by atoms with Gasteiger partial charge in [-0.05, 0) is 55.1 Å². The quantitative estimate of drug-likeness (QED) is 0.368. The van der Waals surface area contributed by atoms with Gasteiger partial charge in [0.15, 0.2) is 0 Å². The Kier molecular flexibility index (Phi) is 6.03. The molecule has 0 radical (unpaired) electrons. The Morgan fingerprint density at radius 2 is 2.10 bits per heavy atom. The second kappa shape index (κ2) is 9.03. The van der Waals surface area contributed by atoms with Crippen molar-refractivity contribution in [3.8, 4) is 0 Å². The van der Waals surface area contributed by atoms with Crippen LogP contribution in [0.3, 0.4) is 0 Å². The Morgan fingerprint density at radius 1 is 1.24 bits per heavy atom. The number of hydrogen-bond acceptors (Lipinski definition) is 4. The van der Waals surface area contributed by atoms with Crippen LogP contribution in [0.25, 0.3) is 17.1 Å². The third kappa shape index (κ3) is 4.72. The van der Waals surface area contributed by atoms with Crippen LogP contribution >= 0.6 is 0 Å². The molecule has 0 saturated carbocycles. The molecule has 0 spiro atoms. The molecule has 1 amide bonds. The normalized spacial score (nSPS) is 17.3. The van der Waals surface area contributed by atoms with Gasteiger partial charge in [0.05, 0.1) is 17.4 Å². The highest BCUT2D eigenvalue weighted by molar-refractivity contribution is 5.91. The van der Waals surface area contributed by atoms with Gasteiger partial charge in [0, 0.05) is 25.2 Å². The number of nitrogens with zero attached hydrogens (tertiary/aromatic N) is 3. The van der Waals surface area contributed by atoms with E-state index >= 15 is 0 Å². The Morgan fingerprint density at radius 3 is 2.93 bits per heavy atom. The topological polar surface area (TPSA) is 70.4 Å². The van der Waals surface area contributed by atoms with Gasteiger partial charge in [0.1, 0.15) is 0 Å². The summed E-state index contributed by atoms with van der Waals surface area (Å²) >= 11 is 0. The lowest BCUT2D eigenvalue weighted by Crippen LogP contribution is -2.23. The molecule has 2 aromatic carbocycles. The van der Waals surface area contributed by atoms with Gasteiger partial charge in [-0.15, -0.1) is 0 Å². The van der Waals surface area contributed by atoms with E-state index in [1.54, 1.807) is 11.6 Å². The number of likely N-dealkylation sites (tertiary alicyclic amines) is 1. The van der Waals surface area contributed by atoms with Crippen LogP contribution in [0, 0.1) is 0 Å². The molecule has 2 N–H and O–H groups in total. The van der Waals surface area contributed by atoms with E-state index in [0.29, 0.717) is 6.04 Å². The maximum atomic E-state index is 11.1. The van der Waals surface area contributed by atoms with Gasteiger partial charge in [-0.1, -0.05) is 36.4 Å². The van der Waals surface area contributed by atoms with Gasteiger partial charge in [0.25, 0.3) is 5.91 Å². The van der Waals surface area contributed by atoms with Crippen LogP contribution in [0.1, 0.15) is 30.0 Å². The van der Waals surface area contributed by atoms with Gasteiger partial charge >= 0.3 is 0 Å². The smallest absolute Gasteiger partial charge is 0.267 e. The van der Waals surface area contributed by atoms with Crippen LogP contribution in [0.5, 0.6) is 0 Å². The molecule has 150 valence electrons. The van der Waals surface area contributed by atoms with Gasteiger partial charge < -0.3 is 9.47 Å². The number of hydroxylamine groups is 1. The first-order valence-corrected chi connectivity index (χ1v) is 10.1. The fraction of sp³-hybridized carbons (Fsp3) is 0.304. The molecule has 1 fully saturated rings. The number of carbonyl (C=O) groups is 1. The van der Waals surface area contributed by atoms with Gasteiger partial charge in [-0.2, -0.15) is 0 Å². The van der Waals surface area contributed by atoms with Crippen molar-refractivity contribution in [1.82, 2.24) is 19.9 Å². The number of imidazole rings is 1. The molecule has 1 saturated heterocycles. The molecule has 1 aliphatic rings. The molecule has 0 aliphatic carbocycles. The van der Waals surface area contributed by atoms with E-state index in [0.717, 1.165) is 49.1 Å². The van der Waals surface area contributed by atoms with Crippen molar-refractivity contribution in [3.63, 3.8) is 0 Å². The zero-order chi connectivity index (χ0) is 20.1. The summed E-state index contributed by atoms with van der Waals surface area (Å²) in [5, 5.41) is 8.57. The molecule has 1 aromatic heterocycles. The van der Waals surface area contributed by atoms with Crippen LogP contribution in [0.2, 0.25) is 0 Å². The molecule has 0 bridgehead atoms. The maximum Gasteiger partial charge on any atom is 0.267 e. The number of amides is 1. The van der Waals surface area contributed by atoms with E-state index in [1.807, 2.05) is 18.5 Å². The summed E-state index contributed by atoms with van der Waals surface area (Å²) in [6, 6.07) is 17.1. The molecule has 2 heterocycles. The minimum absolute atomic E-state index is 0.443. The summed E-state index contributed by atoms with van der Waals surface area (Å²) < 4.78 is 2.28. The highest BCUT2D eigenvalue weighted by atomic mass is 16.5. The second-order valence-corrected chi connectivity index (χ2v) is 7.54. The highest BCUT2D eigenvalue weighted by Crippen LogP contribution is 2.26. The number of aryl methyl sites for hydroxylation is 1. The number of fused-ring (bicyclic) bond motifs is 1. The molecule has 4 rings (SSSR count). The summed E-state index contributed by atoms with van der Waals surface area (Å²) in [6.07, 6.45) is 8.32. The fourth-order valence-corrected chi connectivity index (χ4v) is 4.05. The monoisotopic (exact) mass is 390 g/mol. The van der Waals surface area contributed by atoms with E-state index < -0.39 is 5.91 Å². The molecule has 1 unspecified atom stereocenters. The Balaban J connectivity index is 1.36. The molecule has 3 aromatic rings. The summed E-state index contributed by atoms with van der Waals surface area (Å²) in [4.78, 5) is 18.2. The third-order valence-corrected chi connectivity index (χ3v) is 5.56. The SMILES string of the molecule is O=C(/C=C/c1ccc2c(c1)ncn2C1CCN(CCCc2ccccc2)C1)NO. The average Bonchev–Trinajstić information content (AvgIpc) is 3.39. The summed E-state index contributed by atoms with van der Waals surface area (Å²) in [5.41, 5.74) is 5.91. The largest absolute Gasteiger partial charge is 0.326 e. The molecule has 6 nitrogen and oxygen atoms in total. The number of hydrogen-bond donors (Lipinski definition) is 2. The van der Waals surface area contributed by atoms with Crippen molar-refractivity contribution in [1.29, 1.82) is 0 Å². The molecular weight excluding hydrogens is 364 g/mol. The lowest BCUT2D eigenvalue weighted by atomic mass is 10.1. The van der Waals surface area contributed by atoms with Crippen LogP contribution in [-0.2, 0) is 11.2 Å². The van der Waals surface area contributed by atoms with E-state index in [4.69, 9.17) is 5.21 Å². The first-order chi connectivity index (χ1) is 14.2. The zero-order valence-electron chi connectivity index (χ0n) is 16.4. The van der Waals surface area contributed by atoms with Crippen LogP contribution in [-0.4, -0.2) is 45.2 Å². The summed E-state index contributed by atoms with van der Waals surface area (Å²) in [5.74, 6) is -0.547. The van der Waals surface area contributed by atoms with Gasteiger partial charge in [-0.3, -0.25) is 10.0 Å². The number of aromatic nitrogens is 2. The minimum Gasteiger partial charge on any atom is -0.326 e. The van der Waals surface area contributed by atoms with Crippen molar-refractivity contribution in [2.24, 2.45) is 0 Å². The first-order valence-electron chi connectivity index (χ1n) is 10.1. The van der Waals surface area contributed by atoms with Crippen LogP contribution in [0.15, 0.2) is 60.9 Å². The third-order valence-electron chi connectivity index (χ3n) is 5.56. The lowest BCUT2D eigenvalue weighted by molar-refractivity contribution is -0.124. The number of nitrogens with one attached hydrogen (secondary N) is 1. The van der Waals surface area contributed by atoms with E-state index in [-0.39, 0.29) is 0 Å². The van der Waals surface area contributed by atoms with E-state index in [2.05, 4.69) is 50.8 Å². The van der Waals surface area contributed by atoms with Crippen molar-refractivity contribution in [3.05, 3.63) is 72.1 Å². The van der Waals surface area contributed by atoms with Crippen molar-refractivity contribution >= 4 is 23.0 Å². The van der Waals surface area contributed by atoms with E-state index in [9.17, 15) is 4.79 Å². The van der Waals surface area contributed by atoms with Gasteiger partial charge in [0.2, 0.25) is 0 Å². The first kappa shape index (κ1) is 19.4. The van der Waals surface area contributed by atoms with Gasteiger partial charge in [-0.25, -0.2) is 10.5 Å².